The molecule has 0 heterocycles. The third-order valence-electron chi connectivity index (χ3n) is 3.78. The quantitative estimate of drug-likeness (QED) is 0.571. The Labute approximate surface area is 121 Å². The lowest BCUT2D eigenvalue weighted by molar-refractivity contribution is 0.577. The first-order valence-electron chi connectivity index (χ1n) is 6.90. The highest BCUT2D eigenvalue weighted by Crippen LogP contribution is 2.43. The van der Waals surface area contributed by atoms with Crippen LogP contribution in [0, 0.1) is 10.8 Å². The Kier molecular flexibility index (Phi) is 4.19. The van der Waals surface area contributed by atoms with Crippen LogP contribution in [-0.4, -0.2) is 5.71 Å². The van der Waals surface area contributed by atoms with Crippen LogP contribution in [0.5, 0.6) is 0 Å². The van der Waals surface area contributed by atoms with Gasteiger partial charge in [0.05, 0.1) is 0 Å². The van der Waals surface area contributed by atoms with Gasteiger partial charge >= 0.3 is 0 Å². The van der Waals surface area contributed by atoms with Gasteiger partial charge in [0.25, 0.3) is 0 Å². The highest BCUT2D eigenvalue weighted by atomic mass is 14.4. The number of hydrogen-bond acceptors (Lipinski definition) is 1. The van der Waals surface area contributed by atoms with Crippen LogP contribution < -0.4 is 0 Å². The lowest BCUT2D eigenvalue weighted by Crippen LogP contribution is -2.19. The summed E-state index contributed by atoms with van der Waals surface area (Å²) in [5.74, 6) is 0. The van der Waals surface area contributed by atoms with Crippen LogP contribution in [0.1, 0.15) is 25.8 Å². The molecule has 1 heteroatoms. The molecule has 20 heavy (non-hydrogen) atoms. The van der Waals surface area contributed by atoms with Crippen LogP contribution in [0.4, 0.5) is 0 Å². The number of nitrogens with one attached hydrogen (secondary N) is 1. The number of rotatable bonds is 4. The minimum absolute atomic E-state index is 0.0471. The van der Waals surface area contributed by atoms with Crippen molar-refractivity contribution in [3.8, 4) is 0 Å². The Hall–Kier alpha value is -2.15. The zero-order chi connectivity index (χ0) is 14.6. The first-order chi connectivity index (χ1) is 9.57. The fourth-order valence-corrected chi connectivity index (χ4v) is 2.54. The van der Waals surface area contributed by atoms with E-state index in [1.54, 1.807) is 0 Å². The molecule has 1 nitrogen and oxygen atoms in total. The molecular formula is C19H21N. The molecule has 0 amide bonds. The number of benzene rings is 1. The Bertz CT molecular complexity index is 602. The zero-order valence-electron chi connectivity index (χ0n) is 12.2. The Morgan fingerprint density at radius 3 is 2.60 bits per heavy atom. The van der Waals surface area contributed by atoms with Crippen molar-refractivity contribution in [2.75, 3.05) is 0 Å². The van der Waals surface area contributed by atoms with Crippen molar-refractivity contribution >= 4 is 11.3 Å². The first-order valence-corrected chi connectivity index (χ1v) is 6.90. The maximum Gasteiger partial charge on any atom is 0.0352 e. The molecule has 0 saturated heterocycles. The second-order valence-corrected chi connectivity index (χ2v) is 5.42. The molecule has 0 spiro atoms. The van der Waals surface area contributed by atoms with Gasteiger partial charge < -0.3 is 5.41 Å². The van der Waals surface area contributed by atoms with Crippen molar-refractivity contribution < 1.29 is 0 Å². The fraction of sp³-hybridized carbons (Fsp3) is 0.211. The average Bonchev–Trinajstić information content (AvgIpc) is 2.46. The Balaban J connectivity index is 2.52. The highest BCUT2D eigenvalue weighted by Gasteiger charge is 2.29. The monoisotopic (exact) mass is 263 g/mol. The zero-order valence-corrected chi connectivity index (χ0v) is 12.2. The minimum atomic E-state index is -0.0471. The molecule has 0 aromatic heterocycles. The molecule has 1 atom stereocenters. The lowest BCUT2D eigenvalue weighted by Gasteiger charge is -2.32. The van der Waals surface area contributed by atoms with Crippen LogP contribution in [0.25, 0.3) is 5.57 Å². The summed E-state index contributed by atoms with van der Waals surface area (Å²) in [4.78, 5) is 0. The summed E-state index contributed by atoms with van der Waals surface area (Å²) < 4.78 is 0. The summed E-state index contributed by atoms with van der Waals surface area (Å²) in [6, 6.07) is 10.4. The van der Waals surface area contributed by atoms with Crippen molar-refractivity contribution in [2.45, 2.75) is 20.3 Å². The normalized spacial score (nSPS) is 22.3. The largest absolute Gasteiger partial charge is 0.305 e. The van der Waals surface area contributed by atoms with Crippen LogP contribution in [-0.2, 0) is 0 Å². The number of hydrogen-bond donors (Lipinski definition) is 1. The lowest BCUT2D eigenvalue weighted by atomic mass is 9.71. The van der Waals surface area contributed by atoms with E-state index in [1.807, 2.05) is 25.1 Å². The van der Waals surface area contributed by atoms with Crippen molar-refractivity contribution in [2.24, 2.45) is 5.41 Å². The van der Waals surface area contributed by atoms with Crippen LogP contribution in [0.15, 0.2) is 72.9 Å². The van der Waals surface area contributed by atoms with E-state index in [0.717, 1.165) is 12.0 Å². The molecule has 1 unspecified atom stereocenters. The summed E-state index contributed by atoms with van der Waals surface area (Å²) in [6.45, 7) is 7.84. The molecular weight excluding hydrogens is 242 g/mol. The molecule has 1 aliphatic carbocycles. The van der Waals surface area contributed by atoms with Gasteiger partial charge in [-0.3, -0.25) is 0 Å². The van der Waals surface area contributed by atoms with E-state index in [1.165, 1.54) is 11.1 Å². The van der Waals surface area contributed by atoms with Gasteiger partial charge in [-0.05, 0) is 36.1 Å². The van der Waals surface area contributed by atoms with Gasteiger partial charge in [0.2, 0.25) is 0 Å². The molecule has 1 aromatic carbocycles. The topological polar surface area (TPSA) is 23.9 Å². The molecule has 0 aliphatic heterocycles. The van der Waals surface area contributed by atoms with Gasteiger partial charge in [0.15, 0.2) is 0 Å². The SMILES string of the molecule is C=C/C=C\C1(C)CC=C(C(C)=N)C=C1c1ccccc1. The van der Waals surface area contributed by atoms with Gasteiger partial charge in [0, 0.05) is 11.1 Å². The van der Waals surface area contributed by atoms with Gasteiger partial charge in [-0.25, -0.2) is 0 Å². The van der Waals surface area contributed by atoms with Gasteiger partial charge in [-0.1, -0.05) is 68.1 Å². The molecule has 0 radical (unpaired) electrons. The molecule has 2 rings (SSSR count). The fourth-order valence-electron chi connectivity index (χ4n) is 2.54. The van der Waals surface area contributed by atoms with E-state index in [2.05, 4.69) is 56.0 Å². The van der Waals surface area contributed by atoms with E-state index in [0.29, 0.717) is 5.71 Å². The third kappa shape index (κ3) is 2.88. The van der Waals surface area contributed by atoms with Gasteiger partial charge in [-0.2, -0.15) is 0 Å². The first kappa shape index (κ1) is 14.3. The van der Waals surface area contributed by atoms with E-state index < -0.39 is 0 Å². The minimum Gasteiger partial charge on any atom is -0.305 e. The standard InChI is InChI=1S/C19H21N/c1-4-5-12-19(3)13-11-17(15(2)20)14-18(19)16-9-7-6-8-10-16/h4-12,14,20H,1,13H2,2-3H3/b12-5-,20-15?. The van der Waals surface area contributed by atoms with Gasteiger partial charge in [0.1, 0.15) is 0 Å². The van der Waals surface area contributed by atoms with Crippen molar-refractivity contribution in [3.63, 3.8) is 0 Å². The highest BCUT2D eigenvalue weighted by molar-refractivity contribution is 6.01. The molecule has 0 bridgehead atoms. The molecule has 1 N–H and O–H groups in total. The summed E-state index contributed by atoms with van der Waals surface area (Å²) in [5, 5.41) is 7.86. The van der Waals surface area contributed by atoms with Crippen molar-refractivity contribution in [1.82, 2.24) is 0 Å². The summed E-state index contributed by atoms with van der Waals surface area (Å²) >= 11 is 0. The molecule has 1 aromatic rings. The Morgan fingerprint density at radius 1 is 1.30 bits per heavy atom. The average molecular weight is 263 g/mol. The second kappa shape index (κ2) is 5.87. The second-order valence-electron chi connectivity index (χ2n) is 5.42. The van der Waals surface area contributed by atoms with Crippen LogP contribution >= 0.6 is 0 Å². The predicted octanol–water partition coefficient (Wildman–Crippen LogP) is 5.19. The van der Waals surface area contributed by atoms with E-state index in [9.17, 15) is 0 Å². The molecule has 0 fully saturated rings. The smallest absolute Gasteiger partial charge is 0.0352 e. The molecule has 102 valence electrons. The third-order valence-corrected chi connectivity index (χ3v) is 3.78. The van der Waals surface area contributed by atoms with E-state index in [4.69, 9.17) is 5.41 Å². The van der Waals surface area contributed by atoms with E-state index >= 15 is 0 Å². The van der Waals surface area contributed by atoms with Crippen LogP contribution in [0.3, 0.4) is 0 Å². The number of allylic oxidation sites excluding steroid dienone is 7. The Morgan fingerprint density at radius 2 is 2.00 bits per heavy atom. The van der Waals surface area contributed by atoms with Crippen molar-refractivity contribution in [1.29, 1.82) is 5.41 Å². The van der Waals surface area contributed by atoms with E-state index in [-0.39, 0.29) is 5.41 Å². The summed E-state index contributed by atoms with van der Waals surface area (Å²) in [7, 11) is 0. The van der Waals surface area contributed by atoms with Crippen molar-refractivity contribution in [3.05, 3.63) is 78.4 Å². The predicted molar refractivity (Wildman–Crippen MR) is 88.0 cm³/mol. The maximum absolute atomic E-state index is 7.86. The molecule has 1 aliphatic rings. The summed E-state index contributed by atoms with van der Waals surface area (Å²) in [5.41, 5.74) is 4.08. The van der Waals surface area contributed by atoms with Gasteiger partial charge in [-0.15, -0.1) is 0 Å². The van der Waals surface area contributed by atoms with Crippen LogP contribution in [0.2, 0.25) is 0 Å². The maximum atomic E-state index is 7.86. The molecule has 0 saturated carbocycles. The summed E-state index contributed by atoms with van der Waals surface area (Å²) in [6.07, 6.45) is 11.2.